The SMILES string of the molecule is O=C1c2ccccc2C(=O)C12C(c1ccc(Cl)c([N+](=O)[O-])c1)C21C(=O)c2ccccc2C1=O. The van der Waals surface area contributed by atoms with E-state index < -0.39 is 50.5 Å². The quantitative estimate of drug-likeness (QED) is 0.318. The number of hydrogen-bond acceptors (Lipinski definition) is 6. The Morgan fingerprint density at radius 3 is 1.45 bits per heavy atom. The van der Waals surface area contributed by atoms with E-state index in [4.69, 9.17) is 11.6 Å². The van der Waals surface area contributed by atoms with Crippen LogP contribution in [0.5, 0.6) is 0 Å². The Labute approximate surface area is 191 Å². The van der Waals surface area contributed by atoms with E-state index in [2.05, 4.69) is 0 Å². The van der Waals surface area contributed by atoms with E-state index >= 15 is 0 Å². The van der Waals surface area contributed by atoms with Crippen LogP contribution in [0.1, 0.15) is 52.9 Å². The van der Waals surface area contributed by atoms with Gasteiger partial charge in [0.15, 0.2) is 23.1 Å². The van der Waals surface area contributed by atoms with Crippen molar-refractivity contribution in [1.82, 2.24) is 0 Å². The molecule has 0 amide bonds. The molecular formula is C25H12ClNO6. The highest BCUT2D eigenvalue weighted by molar-refractivity contribution is 6.45. The maximum atomic E-state index is 13.8. The second kappa shape index (κ2) is 6.08. The average molecular weight is 458 g/mol. The zero-order valence-electron chi connectivity index (χ0n) is 16.7. The molecule has 0 aromatic heterocycles. The van der Waals surface area contributed by atoms with Gasteiger partial charge in [-0.3, -0.25) is 29.3 Å². The molecule has 1 fully saturated rings. The summed E-state index contributed by atoms with van der Waals surface area (Å²) in [5, 5.41) is 11.4. The molecule has 0 atom stereocenters. The van der Waals surface area contributed by atoms with Gasteiger partial charge in [0, 0.05) is 34.2 Å². The zero-order valence-corrected chi connectivity index (χ0v) is 17.5. The molecule has 2 spiro atoms. The molecule has 3 aliphatic rings. The molecule has 0 aliphatic heterocycles. The van der Waals surface area contributed by atoms with Crippen LogP contribution in [-0.4, -0.2) is 28.1 Å². The predicted molar refractivity (Wildman–Crippen MR) is 116 cm³/mol. The van der Waals surface area contributed by atoms with Crippen LogP contribution < -0.4 is 0 Å². The molecule has 1 saturated carbocycles. The van der Waals surface area contributed by atoms with E-state index in [1.165, 1.54) is 36.4 Å². The van der Waals surface area contributed by atoms with Gasteiger partial charge < -0.3 is 0 Å². The molecule has 3 aromatic rings. The number of hydrogen-bond donors (Lipinski definition) is 0. The van der Waals surface area contributed by atoms with Gasteiger partial charge >= 0.3 is 0 Å². The molecule has 3 aliphatic carbocycles. The van der Waals surface area contributed by atoms with E-state index in [0.29, 0.717) is 0 Å². The van der Waals surface area contributed by atoms with Crippen molar-refractivity contribution in [3.8, 4) is 0 Å². The minimum absolute atomic E-state index is 0.132. The molecule has 6 rings (SSSR count). The summed E-state index contributed by atoms with van der Waals surface area (Å²) in [5.74, 6) is -3.62. The molecule has 0 radical (unpaired) electrons. The largest absolute Gasteiger partial charge is 0.293 e. The smallest absolute Gasteiger partial charge is 0.288 e. The second-order valence-electron chi connectivity index (χ2n) is 8.42. The number of carbonyl (C=O) groups excluding carboxylic acids is 4. The number of carbonyl (C=O) groups is 4. The number of nitro groups is 1. The molecule has 0 bridgehead atoms. The van der Waals surface area contributed by atoms with Crippen LogP contribution in [0.3, 0.4) is 0 Å². The lowest BCUT2D eigenvalue weighted by molar-refractivity contribution is -0.384. The van der Waals surface area contributed by atoms with Gasteiger partial charge in [-0.15, -0.1) is 0 Å². The fourth-order valence-corrected chi connectivity index (χ4v) is 6.07. The van der Waals surface area contributed by atoms with Crippen molar-refractivity contribution < 1.29 is 24.1 Å². The third-order valence-electron chi connectivity index (χ3n) is 7.17. The van der Waals surface area contributed by atoms with Crippen molar-refractivity contribution in [3.63, 3.8) is 0 Å². The summed E-state index contributed by atoms with van der Waals surface area (Å²) in [5.41, 5.74) is -3.65. The number of benzene rings is 3. The number of rotatable bonds is 2. The molecule has 0 unspecified atom stereocenters. The Bertz CT molecular complexity index is 1350. The molecule has 3 aromatic carbocycles. The van der Waals surface area contributed by atoms with Gasteiger partial charge in [-0.1, -0.05) is 66.2 Å². The Hall–Kier alpha value is -3.97. The first-order valence-electron chi connectivity index (χ1n) is 10.1. The number of ketones is 4. The lowest BCUT2D eigenvalue weighted by atomic mass is 9.84. The molecule has 8 heteroatoms. The third-order valence-corrected chi connectivity index (χ3v) is 7.49. The summed E-state index contributed by atoms with van der Waals surface area (Å²) >= 11 is 5.97. The number of Topliss-reactive ketones (excluding diaryl/α,β-unsaturated/α-hetero) is 4. The zero-order chi connectivity index (χ0) is 23.3. The lowest BCUT2D eigenvalue weighted by Gasteiger charge is -2.11. The van der Waals surface area contributed by atoms with Gasteiger partial charge in [0.25, 0.3) is 5.69 Å². The number of fused-ring (bicyclic) bond motifs is 3. The van der Waals surface area contributed by atoms with Crippen molar-refractivity contribution in [2.45, 2.75) is 5.92 Å². The number of nitrogens with zero attached hydrogens (tertiary/aromatic N) is 1. The topological polar surface area (TPSA) is 111 Å². The van der Waals surface area contributed by atoms with Gasteiger partial charge in [0.2, 0.25) is 0 Å². The standard InChI is InChI=1S/C25H12ClNO6/c26-17-10-9-12(11-18(17)27(32)33)19-24(20(28)13-5-1-2-6-14(13)21(24)29)25(19)22(30)15-7-3-4-8-16(15)23(25)31/h1-11,19H. The highest BCUT2D eigenvalue weighted by Gasteiger charge is 2.93. The van der Waals surface area contributed by atoms with E-state index in [9.17, 15) is 29.3 Å². The normalized spacial score (nSPS) is 19.3. The van der Waals surface area contributed by atoms with Crippen LogP contribution in [0.15, 0.2) is 66.7 Å². The summed E-state index contributed by atoms with van der Waals surface area (Å²) in [4.78, 5) is 65.9. The summed E-state index contributed by atoms with van der Waals surface area (Å²) in [6.45, 7) is 0. The second-order valence-corrected chi connectivity index (χ2v) is 8.83. The fraction of sp³-hybridized carbons (Fsp3) is 0.120. The van der Waals surface area contributed by atoms with Crippen molar-refractivity contribution in [2.24, 2.45) is 10.8 Å². The first kappa shape index (κ1) is 19.7. The molecule has 0 heterocycles. The van der Waals surface area contributed by atoms with Crippen molar-refractivity contribution in [1.29, 1.82) is 0 Å². The van der Waals surface area contributed by atoms with Crippen LogP contribution in [0, 0.1) is 20.9 Å². The van der Waals surface area contributed by atoms with Crippen LogP contribution in [0.2, 0.25) is 5.02 Å². The van der Waals surface area contributed by atoms with E-state index in [1.54, 1.807) is 24.3 Å². The predicted octanol–water partition coefficient (Wildman–Crippen LogP) is 4.48. The van der Waals surface area contributed by atoms with Crippen molar-refractivity contribution in [2.75, 3.05) is 0 Å². The Balaban J connectivity index is 1.66. The number of nitro benzene ring substituents is 1. The first-order chi connectivity index (χ1) is 15.8. The highest BCUT2D eigenvalue weighted by atomic mass is 35.5. The van der Waals surface area contributed by atoms with Gasteiger partial charge in [-0.05, 0) is 11.6 Å². The summed E-state index contributed by atoms with van der Waals surface area (Å²) in [6, 6.07) is 16.3. The van der Waals surface area contributed by atoms with Crippen molar-refractivity contribution in [3.05, 3.63) is 110 Å². The van der Waals surface area contributed by atoms with Gasteiger partial charge in [0.1, 0.15) is 15.9 Å². The maximum absolute atomic E-state index is 13.8. The summed E-state index contributed by atoms with van der Waals surface area (Å²) < 4.78 is 0. The summed E-state index contributed by atoms with van der Waals surface area (Å²) in [6.07, 6.45) is 0. The van der Waals surface area contributed by atoms with E-state index in [0.717, 1.165) is 6.07 Å². The highest BCUT2D eigenvalue weighted by Crippen LogP contribution is 2.81. The Morgan fingerprint density at radius 2 is 1.09 bits per heavy atom. The average Bonchev–Trinajstić information content (AvgIpc) is 3.34. The first-order valence-corrected chi connectivity index (χ1v) is 10.5. The molecule has 0 N–H and O–H groups in total. The van der Waals surface area contributed by atoms with E-state index in [-0.39, 0.29) is 32.8 Å². The maximum Gasteiger partial charge on any atom is 0.288 e. The molecule has 160 valence electrons. The third kappa shape index (κ3) is 1.98. The minimum Gasteiger partial charge on any atom is -0.293 e. The van der Waals surface area contributed by atoms with Crippen LogP contribution in [0.4, 0.5) is 5.69 Å². The Kier molecular flexibility index (Phi) is 3.63. The number of halogens is 1. The molecular weight excluding hydrogens is 446 g/mol. The summed E-state index contributed by atoms with van der Waals surface area (Å²) in [7, 11) is 0. The lowest BCUT2D eigenvalue weighted by Crippen LogP contribution is -2.32. The minimum atomic E-state index is -1.98. The molecule has 0 saturated heterocycles. The van der Waals surface area contributed by atoms with Gasteiger partial charge in [0.05, 0.1) is 4.92 Å². The van der Waals surface area contributed by atoms with Crippen LogP contribution >= 0.6 is 11.6 Å². The van der Waals surface area contributed by atoms with Crippen molar-refractivity contribution >= 4 is 40.4 Å². The fourth-order valence-electron chi connectivity index (χ4n) is 5.88. The van der Waals surface area contributed by atoms with Gasteiger partial charge in [-0.25, -0.2) is 0 Å². The molecule has 33 heavy (non-hydrogen) atoms. The van der Waals surface area contributed by atoms with Gasteiger partial charge in [-0.2, -0.15) is 0 Å². The monoisotopic (exact) mass is 457 g/mol. The van der Waals surface area contributed by atoms with Crippen LogP contribution in [0.25, 0.3) is 0 Å². The Morgan fingerprint density at radius 1 is 0.697 bits per heavy atom. The van der Waals surface area contributed by atoms with E-state index in [1.807, 2.05) is 0 Å². The van der Waals surface area contributed by atoms with Crippen LogP contribution in [-0.2, 0) is 0 Å². The molecule has 7 nitrogen and oxygen atoms in total.